The predicted octanol–water partition coefficient (Wildman–Crippen LogP) is 0.589. The van der Waals surface area contributed by atoms with E-state index in [1.54, 1.807) is 0 Å². The lowest BCUT2D eigenvalue weighted by Gasteiger charge is -2.23. The Balaban J connectivity index is 2.12. The minimum absolute atomic E-state index is 0.0561. The van der Waals surface area contributed by atoms with E-state index in [0.717, 1.165) is 19.4 Å². The molecule has 1 aromatic rings. The van der Waals surface area contributed by atoms with E-state index in [1.165, 1.54) is 24.3 Å². The fourth-order valence-electron chi connectivity index (χ4n) is 1.95. The molecule has 1 atom stereocenters. The van der Waals surface area contributed by atoms with E-state index in [2.05, 4.69) is 10.0 Å². The summed E-state index contributed by atoms with van der Waals surface area (Å²) in [6, 6.07) is 7.83. The zero-order valence-electron chi connectivity index (χ0n) is 9.89. The Bertz CT molecular complexity index is 540. The van der Waals surface area contributed by atoms with Gasteiger partial charge in [0.1, 0.15) is 0 Å². The highest BCUT2D eigenvalue weighted by Crippen LogP contribution is 2.12. The lowest BCUT2D eigenvalue weighted by atomic mass is 10.1. The Hall–Kier alpha value is -1.42. The Kier molecular flexibility index (Phi) is 3.97. The van der Waals surface area contributed by atoms with Crippen LogP contribution in [0.4, 0.5) is 0 Å². The predicted molar refractivity (Wildman–Crippen MR) is 67.4 cm³/mol. The average Bonchev–Trinajstić information content (AvgIpc) is 2.39. The van der Waals surface area contributed by atoms with Gasteiger partial charge in [-0.15, -0.1) is 0 Å². The fourth-order valence-corrected chi connectivity index (χ4v) is 3.22. The average molecular weight is 265 g/mol. The summed E-state index contributed by atoms with van der Waals surface area (Å²) >= 11 is 0. The van der Waals surface area contributed by atoms with Crippen LogP contribution in [0.15, 0.2) is 29.2 Å². The van der Waals surface area contributed by atoms with Crippen molar-refractivity contribution in [3.8, 4) is 6.07 Å². The topological polar surface area (TPSA) is 82.0 Å². The van der Waals surface area contributed by atoms with E-state index in [-0.39, 0.29) is 10.9 Å². The monoisotopic (exact) mass is 265 g/mol. The van der Waals surface area contributed by atoms with Gasteiger partial charge in [-0.25, -0.2) is 13.1 Å². The van der Waals surface area contributed by atoms with Crippen LogP contribution in [-0.4, -0.2) is 27.5 Å². The van der Waals surface area contributed by atoms with E-state index in [9.17, 15) is 8.42 Å². The summed E-state index contributed by atoms with van der Waals surface area (Å²) in [6.07, 6.45) is 1.82. The number of hydrogen-bond donors (Lipinski definition) is 2. The van der Waals surface area contributed by atoms with Gasteiger partial charge < -0.3 is 5.32 Å². The number of sulfonamides is 1. The Morgan fingerprint density at radius 1 is 1.33 bits per heavy atom. The first kappa shape index (κ1) is 13.0. The van der Waals surface area contributed by atoms with Crippen molar-refractivity contribution in [2.45, 2.75) is 23.8 Å². The lowest BCUT2D eigenvalue weighted by molar-refractivity contribution is 0.428. The maximum Gasteiger partial charge on any atom is 0.240 e. The van der Waals surface area contributed by atoms with Crippen LogP contribution in [0.25, 0.3) is 0 Å². The third-order valence-electron chi connectivity index (χ3n) is 2.91. The van der Waals surface area contributed by atoms with E-state index >= 15 is 0 Å². The minimum atomic E-state index is -3.48. The second-order valence-electron chi connectivity index (χ2n) is 4.30. The van der Waals surface area contributed by atoms with Gasteiger partial charge in [0, 0.05) is 12.6 Å². The maximum atomic E-state index is 12.1. The summed E-state index contributed by atoms with van der Waals surface area (Å²) in [6.45, 7) is 1.60. The molecule has 18 heavy (non-hydrogen) atoms. The van der Waals surface area contributed by atoms with Gasteiger partial charge in [-0.05, 0) is 43.7 Å². The molecule has 0 spiro atoms. The van der Waals surface area contributed by atoms with Gasteiger partial charge in [-0.2, -0.15) is 5.26 Å². The first-order valence-corrected chi connectivity index (χ1v) is 7.33. The largest absolute Gasteiger partial charge is 0.315 e. The number of nitriles is 1. The third kappa shape index (κ3) is 3.07. The van der Waals surface area contributed by atoms with Crippen molar-refractivity contribution < 1.29 is 8.42 Å². The van der Waals surface area contributed by atoms with Crippen LogP contribution < -0.4 is 10.0 Å². The van der Waals surface area contributed by atoms with Gasteiger partial charge in [-0.3, -0.25) is 0 Å². The van der Waals surface area contributed by atoms with Gasteiger partial charge in [0.05, 0.1) is 16.5 Å². The molecule has 1 saturated heterocycles. The Morgan fingerprint density at radius 3 is 2.61 bits per heavy atom. The normalized spacial score (nSPS) is 20.3. The zero-order valence-corrected chi connectivity index (χ0v) is 10.7. The third-order valence-corrected chi connectivity index (χ3v) is 4.45. The molecule has 2 N–H and O–H groups in total. The molecule has 2 rings (SSSR count). The van der Waals surface area contributed by atoms with Crippen LogP contribution in [0.2, 0.25) is 0 Å². The van der Waals surface area contributed by atoms with Crippen molar-refractivity contribution in [1.82, 2.24) is 10.0 Å². The molecular weight excluding hydrogens is 250 g/mol. The first-order chi connectivity index (χ1) is 8.62. The molecule has 0 aliphatic carbocycles. The van der Waals surface area contributed by atoms with Gasteiger partial charge in [0.15, 0.2) is 0 Å². The van der Waals surface area contributed by atoms with Crippen molar-refractivity contribution in [1.29, 1.82) is 5.26 Å². The zero-order chi connectivity index (χ0) is 13.0. The molecule has 0 aromatic heterocycles. The molecule has 96 valence electrons. The Morgan fingerprint density at radius 2 is 2.06 bits per heavy atom. The summed E-state index contributed by atoms with van der Waals surface area (Å²) in [5, 5.41) is 11.8. The van der Waals surface area contributed by atoms with Crippen LogP contribution in [0, 0.1) is 11.3 Å². The number of nitrogens with zero attached hydrogens (tertiary/aromatic N) is 1. The lowest BCUT2D eigenvalue weighted by Crippen LogP contribution is -2.45. The molecular formula is C12H15N3O2S. The van der Waals surface area contributed by atoms with Gasteiger partial charge >= 0.3 is 0 Å². The molecule has 1 aliphatic rings. The number of piperidine rings is 1. The maximum absolute atomic E-state index is 12.1. The van der Waals surface area contributed by atoms with Gasteiger partial charge in [0.25, 0.3) is 0 Å². The first-order valence-electron chi connectivity index (χ1n) is 5.85. The molecule has 5 nitrogen and oxygen atoms in total. The van der Waals surface area contributed by atoms with Crippen molar-refractivity contribution in [2.75, 3.05) is 13.1 Å². The quantitative estimate of drug-likeness (QED) is 0.838. The highest BCUT2D eigenvalue weighted by atomic mass is 32.2. The van der Waals surface area contributed by atoms with Crippen molar-refractivity contribution in [3.63, 3.8) is 0 Å². The molecule has 1 unspecified atom stereocenters. The fraction of sp³-hybridized carbons (Fsp3) is 0.417. The second kappa shape index (κ2) is 5.48. The summed E-state index contributed by atoms with van der Waals surface area (Å²) < 4.78 is 26.8. The summed E-state index contributed by atoms with van der Waals surface area (Å²) in [5.74, 6) is 0. The second-order valence-corrected chi connectivity index (χ2v) is 6.01. The highest BCUT2D eigenvalue weighted by molar-refractivity contribution is 7.89. The van der Waals surface area contributed by atoms with Crippen LogP contribution in [0.5, 0.6) is 0 Å². The van der Waals surface area contributed by atoms with Gasteiger partial charge in [-0.1, -0.05) is 0 Å². The molecule has 1 heterocycles. The van der Waals surface area contributed by atoms with Crippen LogP contribution in [0.1, 0.15) is 18.4 Å². The van der Waals surface area contributed by atoms with Crippen LogP contribution in [0.3, 0.4) is 0 Å². The summed E-state index contributed by atoms with van der Waals surface area (Å²) in [7, 11) is -3.48. The van der Waals surface area contributed by atoms with Crippen LogP contribution in [-0.2, 0) is 10.0 Å². The number of nitrogens with one attached hydrogen (secondary N) is 2. The molecule has 0 amide bonds. The standard InChI is InChI=1S/C12H15N3O2S/c13-8-10-3-5-12(6-4-10)18(16,17)15-11-2-1-7-14-9-11/h3-6,11,14-15H,1-2,7,9H2. The molecule has 0 saturated carbocycles. The number of hydrogen-bond acceptors (Lipinski definition) is 4. The molecule has 1 aliphatic heterocycles. The van der Waals surface area contributed by atoms with Crippen molar-refractivity contribution in [2.24, 2.45) is 0 Å². The SMILES string of the molecule is N#Cc1ccc(S(=O)(=O)NC2CCCNC2)cc1. The van der Waals surface area contributed by atoms with Gasteiger partial charge in [0.2, 0.25) is 10.0 Å². The van der Waals surface area contributed by atoms with E-state index < -0.39 is 10.0 Å². The van der Waals surface area contributed by atoms with Crippen molar-refractivity contribution >= 4 is 10.0 Å². The highest BCUT2D eigenvalue weighted by Gasteiger charge is 2.21. The minimum Gasteiger partial charge on any atom is -0.315 e. The molecule has 0 radical (unpaired) electrons. The molecule has 6 heteroatoms. The summed E-state index contributed by atoms with van der Waals surface area (Å²) in [4.78, 5) is 0.201. The molecule has 1 aromatic carbocycles. The van der Waals surface area contributed by atoms with E-state index in [4.69, 9.17) is 5.26 Å². The van der Waals surface area contributed by atoms with Crippen LogP contribution >= 0.6 is 0 Å². The smallest absolute Gasteiger partial charge is 0.240 e. The Labute approximate surface area is 107 Å². The van der Waals surface area contributed by atoms with E-state index in [0.29, 0.717) is 12.1 Å². The van der Waals surface area contributed by atoms with E-state index in [1.807, 2.05) is 6.07 Å². The molecule has 0 bridgehead atoms. The summed E-state index contributed by atoms with van der Waals surface area (Å²) in [5.41, 5.74) is 0.452. The van der Waals surface area contributed by atoms with Crippen molar-refractivity contribution in [3.05, 3.63) is 29.8 Å². The molecule has 1 fully saturated rings. The number of benzene rings is 1. The number of rotatable bonds is 3.